The van der Waals surface area contributed by atoms with E-state index in [1.165, 1.54) is 0 Å². The van der Waals surface area contributed by atoms with E-state index in [1.54, 1.807) is 7.11 Å². The summed E-state index contributed by atoms with van der Waals surface area (Å²) in [7, 11) is 3.75. The number of methoxy groups -OCH3 is 1. The molecule has 2 aromatic carbocycles. The Balaban J connectivity index is 1.21. The number of likely N-dealkylation sites (tertiary alicyclic amines) is 1. The molecule has 0 saturated carbocycles. The molecule has 2 aliphatic rings. The van der Waals surface area contributed by atoms with E-state index in [-0.39, 0.29) is 5.91 Å². The fraction of sp³-hybridized carbons (Fsp3) is 0.414. The van der Waals surface area contributed by atoms with Crippen molar-refractivity contribution in [3.63, 3.8) is 0 Å². The number of benzene rings is 2. The molecule has 3 aromatic rings. The zero-order chi connectivity index (χ0) is 25.1. The molecule has 1 N–H and O–H groups in total. The van der Waals surface area contributed by atoms with Gasteiger partial charge in [-0.1, -0.05) is 36.4 Å². The largest absolute Gasteiger partial charge is 0.496 e. The van der Waals surface area contributed by atoms with E-state index in [9.17, 15) is 9.90 Å². The van der Waals surface area contributed by atoms with Gasteiger partial charge >= 0.3 is 0 Å². The summed E-state index contributed by atoms with van der Waals surface area (Å²) in [6.07, 6.45) is 5.56. The van der Waals surface area contributed by atoms with Gasteiger partial charge in [0.15, 0.2) is 5.76 Å². The van der Waals surface area contributed by atoms with Crippen molar-refractivity contribution in [3.05, 3.63) is 71.5 Å². The molecular weight excluding hydrogens is 454 g/mol. The Hall–Kier alpha value is -3.13. The Morgan fingerprint density at radius 2 is 1.81 bits per heavy atom. The number of fused-ring (bicyclic) bond motifs is 1. The van der Waals surface area contributed by atoms with Crippen LogP contribution in [0.1, 0.15) is 34.5 Å². The van der Waals surface area contributed by atoms with Crippen LogP contribution in [0.3, 0.4) is 0 Å². The zero-order valence-electron chi connectivity index (χ0n) is 21.2. The molecule has 1 aromatic heterocycles. The van der Waals surface area contributed by atoms with Crippen LogP contribution in [-0.4, -0.2) is 85.7 Å². The van der Waals surface area contributed by atoms with Gasteiger partial charge in [0.25, 0.3) is 5.91 Å². The average molecular weight is 490 g/mol. The normalized spacial score (nSPS) is 19.2. The predicted molar refractivity (Wildman–Crippen MR) is 141 cm³/mol. The molecule has 5 rings (SSSR count). The summed E-state index contributed by atoms with van der Waals surface area (Å²) in [6, 6.07) is 15.6. The van der Waals surface area contributed by atoms with E-state index in [2.05, 4.69) is 29.0 Å². The summed E-state index contributed by atoms with van der Waals surface area (Å²) in [4.78, 5) is 19.3. The Morgan fingerprint density at radius 3 is 2.56 bits per heavy atom. The lowest BCUT2D eigenvalue weighted by Gasteiger charge is -2.38. The molecular formula is C29H35N3O4. The maximum absolute atomic E-state index is 12.9. The molecule has 2 aliphatic heterocycles. The number of hydrogen-bond donors (Lipinski definition) is 1. The summed E-state index contributed by atoms with van der Waals surface area (Å²) < 4.78 is 11.3. The van der Waals surface area contributed by atoms with E-state index < -0.39 is 5.60 Å². The smallest absolute Gasteiger partial charge is 0.289 e. The van der Waals surface area contributed by atoms with Crippen molar-refractivity contribution in [1.29, 1.82) is 0 Å². The van der Waals surface area contributed by atoms with Gasteiger partial charge in [0.05, 0.1) is 12.7 Å². The average Bonchev–Trinajstić information content (AvgIpc) is 3.34. The van der Waals surface area contributed by atoms with Gasteiger partial charge in [0.2, 0.25) is 0 Å². The van der Waals surface area contributed by atoms with Crippen LogP contribution >= 0.6 is 0 Å². The molecule has 7 nitrogen and oxygen atoms in total. The van der Waals surface area contributed by atoms with Crippen LogP contribution in [0.2, 0.25) is 0 Å². The monoisotopic (exact) mass is 489 g/mol. The molecule has 0 spiro atoms. The SMILES string of the molecule is COc1ccccc1/C=C/CN1CCC(O)(c2ccc3oc(C(=O)N4CCN(C)CC4)cc3c2)CC1. The Kier molecular flexibility index (Phi) is 7.14. The Labute approximate surface area is 212 Å². The molecule has 36 heavy (non-hydrogen) atoms. The lowest BCUT2D eigenvalue weighted by Crippen LogP contribution is -2.47. The highest BCUT2D eigenvalue weighted by molar-refractivity contribution is 5.96. The molecule has 2 fully saturated rings. The lowest BCUT2D eigenvalue weighted by molar-refractivity contribution is -0.0232. The van der Waals surface area contributed by atoms with E-state index >= 15 is 0 Å². The fourth-order valence-electron chi connectivity index (χ4n) is 5.13. The molecule has 2 saturated heterocycles. The number of amides is 1. The van der Waals surface area contributed by atoms with Crippen LogP contribution < -0.4 is 4.74 Å². The topological polar surface area (TPSA) is 69.4 Å². The number of aliphatic hydroxyl groups is 1. The summed E-state index contributed by atoms with van der Waals surface area (Å²) in [5, 5.41) is 12.3. The van der Waals surface area contributed by atoms with Gasteiger partial charge in [-0.2, -0.15) is 0 Å². The zero-order valence-corrected chi connectivity index (χ0v) is 21.2. The molecule has 0 atom stereocenters. The summed E-state index contributed by atoms with van der Waals surface area (Å²) in [5.74, 6) is 1.18. The van der Waals surface area contributed by atoms with Gasteiger partial charge < -0.3 is 24.1 Å². The number of piperazine rings is 1. The second-order valence-electron chi connectivity index (χ2n) is 9.94. The highest BCUT2D eigenvalue weighted by Crippen LogP contribution is 2.35. The van der Waals surface area contributed by atoms with Gasteiger partial charge in [-0.25, -0.2) is 0 Å². The van der Waals surface area contributed by atoms with E-state index in [1.807, 2.05) is 53.4 Å². The Morgan fingerprint density at radius 1 is 1.06 bits per heavy atom. The molecule has 7 heteroatoms. The fourth-order valence-corrected chi connectivity index (χ4v) is 5.13. The van der Waals surface area contributed by atoms with Gasteiger partial charge in [-0.3, -0.25) is 9.69 Å². The van der Waals surface area contributed by atoms with Crippen molar-refractivity contribution in [2.75, 3.05) is 60.0 Å². The number of piperidine rings is 1. The van der Waals surface area contributed by atoms with E-state index in [0.717, 1.165) is 55.0 Å². The highest BCUT2D eigenvalue weighted by Gasteiger charge is 2.34. The third-order valence-electron chi connectivity index (χ3n) is 7.54. The van der Waals surface area contributed by atoms with Crippen LogP contribution in [0, 0.1) is 0 Å². The molecule has 0 bridgehead atoms. The standard InChI is InChI=1S/C29H35N3O4/c1-30-16-18-32(19-17-30)28(33)27-21-23-20-24(9-10-26(23)36-27)29(34)11-14-31(15-12-29)13-5-7-22-6-3-4-8-25(22)35-2/h3-10,20-21,34H,11-19H2,1-2H3/b7-5+. The Bertz CT molecular complexity index is 1230. The van der Waals surface area contributed by atoms with Crippen LogP contribution in [-0.2, 0) is 5.60 Å². The van der Waals surface area contributed by atoms with E-state index in [0.29, 0.717) is 37.3 Å². The number of ether oxygens (including phenoxy) is 1. The van der Waals surface area contributed by atoms with Crippen molar-refractivity contribution >= 4 is 23.0 Å². The van der Waals surface area contributed by atoms with Crippen molar-refractivity contribution in [2.24, 2.45) is 0 Å². The molecule has 1 amide bonds. The minimum Gasteiger partial charge on any atom is -0.496 e. The maximum Gasteiger partial charge on any atom is 0.289 e. The third-order valence-corrected chi connectivity index (χ3v) is 7.54. The highest BCUT2D eigenvalue weighted by atomic mass is 16.5. The minimum atomic E-state index is -0.879. The predicted octanol–water partition coefficient (Wildman–Crippen LogP) is 3.83. The first-order chi connectivity index (χ1) is 17.4. The third kappa shape index (κ3) is 5.19. The second-order valence-corrected chi connectivity index (χ2v) is 9.94. The summed E-state index contributed by atoms with van der Waals surface area (Å²) in [5.41, 5.74) is 1.75. The maximum atomic E-state index is 12.9. The number of rotatable bonds is 6. The first-order valence-corrected chi connectivity index (χ1v) is 12.7. The molecule has 190 valence electrons. The van der Waals surface area contributed by atoms with Gasteiger partial charge in [0, 0.05) is 56.8 Å². The number of nitrogens with zero attached hydrogens (tertiary/aromatic N) is 3. The van der Waals surface area contributed by atoms with E-state index in [4.69, 9.17) is 9.15 Å². The molecule has 0 unspecified atom stereocenters. The van der Waals surface area contributed by atoms with Crippen LogP contribution in [0.25, 0.3) is 17.0 Å². The number of hydrogen-bond acceptors (Lipinski definition) is 6. The number of carbonyl (C=O) groups is 1. The van der Waals surface area contributed by atoms with Gasteiger partial charge in [-0.05, 0) is 49.7 Å². The molecule has 0 aliphatic carbocycles. The second kappa shape index (κ2) is 10.5. The van der Waals surface area contributed by atoms with Gasteiger partial charge in [0.1, 0.15) is 11.3 Å². The molecule has 3 heterocycles. The quantitative estimate of drug-likeness (QED) is 0.568. The van der Waals surface area contributed by atoms with Gasteiger partial charge in [-0.15, -0.1) is 0 Å². The van der Waals surface area contributed by atoms with Crippen LogP contribution in [0.15, 0.2) is 59.0 Å². The number of likely N-dealkylation sites (N-methyl/N-ethyl adjacent to an activating group) is 1. The van der Waals surface area contributed by atoms with Crippen molar-refractivity contribution in [2.45, 2.75) is 18.4 Å². The van der Waals surface area contributed by atoms with Crippen molar-refractivity contribution in [3.8, 4) is 5.75 Å². The number of furan rings is 1. The number of carbonyl (C=O) groups excluding carboxylic acids is 1. The summed E-state index contributed by atoms with van der Waals surface area (Å²) >= 11 is 0. The summed E-state index contributed by atoms with van der Waals surface area (Å²) in [6.45, 7) is 5.61. The van der Waals surface area contributed by atoms with Crippen LogP contribution in [0.4, 0.5) is 0 Å². The lowest BCUT2D eigenvalue weighted by atomic mass is 9.84. The van der Waals surface area contributed by atoms with Crippen LogP contribution in [0.5, 0.6) is 5.75 Å². The van der Waals surface area contributed by atoms with Crippen molar-refractivity contribution in [1.82, 2.24) is 14.7 Å². The minimum absolute atomic E-state index is 0.0611. The molecule has 0 radical (unpaired) electrons. The van der Waals surface area contributed by atoms with Crippen molar-refractivity contribution < 1.29 is 19.1 Å². The number of para-hydroxylation sites is 1. The first kappa shape index (κ1) is 24.6. The first-order valence-electron chi connectivity index (χ1n) is 12.7.